The Morgan fingerprint density at radius 3 is 2.67 bits per heavy atom. The Kier molecular flexibility index (Phi) is 5.65. The van der Waals surface area contributed by atoms with Gasteiger partial charge >= 0.3 is 6.03 Å². The lowest BCUT2D eigenvalue weighted by atomic mass is 10.1. The highest BCUT2D eigenvalue weighted by Crippen LogP contribution is 2.18. The quantitative estimate of drug-likeness (QED) is 0.779. The zero-order chi connectivity index (χ0) is 15.1. The summed E-state index contributed by atoms with van der Waals surface area (Å²) >= 11 is 0. The Hall–Kier alpha value is -1.99. The van der Waals surface area contributed by atoms with E-state index in [0.29, 0.717) is 6.54 Å². The standard InChI is InChI=1S/C17H23N3O/c1-14-8-9-15(7-6-10-18)16(13-14)19-17(21)20-11-4-2-3-5-12-20/h8-9,13H,2-5,10-12,18H2,1H3,(H,19,21). The fraction of sp³-hybridized carbons (Fsp3) is 0.471. The SMILES string of the molecule is Cc1ccc(C#CCN)c(NC(=O)N2CCCCCC2)c1. The molecule has 3 N–H and O–H groups in total. The van der Waals surface area contributed by atoms with Crippen LogP contribution in [0.25, 0.3) is 0 Å². The Morgan fingerprint density at radius 1 is 1.29 bits per heavy atom. The molecule has 0 spiro atoms. The highest BCUT2D eigenvalue weighted by Gasteiger charge is 2.16. The van der Waals surface area contributed by atoms with Crippen molar-refractivity contribution in [2.24, 2.45) is 5.73 Å². The predicted molar refractivity (Wildman–Crippen MR) is 86.2 cm³/mol. The molecule has 4 nitrogen and oxygen atoms in total. The van der Waals surface area contributed by atoms with Gasteiger partial charge in [-0.2, -0.15) is 0 Å². The van der Waals surface area contributed by atoms with E-state index < -0.39 is 0 Å². The van der Waals surface area contributed by atoms with E-state index in [2.05, 4.69) is 17.2 Å². The normalized spacial score (nSPS) is 14.9. The molecule has 2 rings (SSSR count). The van der Waals surface area contributed by atoms with Crippen LogP contribution in [0.3, 0.4) is 0 Å². The van der Waals surface area contributed by atoms with Crippen LogP contribution in [0.1, 0.15) is 36.8 Å². The van der Waals surface area contributed by atoms with Gasteiger partial charge in [-0.15, -0.1) is 0 Å². The third-order valence-electron chi connectivity index (χ3n) is 3.64. The number of aryl methyl sites for hydroxylation is 1. The maximum atomic E-state index is 12.4. The monoisotopic (exact) mass is 285 g/mol. The summed E-state index contributed by atoms with van der Waals surface area (Å²) in [6.45, 7) is 3.98. The molecule has 0 aromatic heterocycles. The lowest BCUT2D eigenvalue weighted by Gasteiger charge is -2.21. The van der Waals surface area contributed by atoms with Gasteiger partial charge in [0.15, 0.2) is 0 Å². The van der Waals surface area contributed by atoms with E-state index in [1.807, 2.05) is 30.0 Å². The van der Waals surface area contributed by atoms with Gasteiger partial charge in [0.2, 0.25) is 0 Å². The molecule has 112 valence electrons. The number of carbonyl (C=O) groups excluding carboxylic acids is 1. The Balaban J connectivity index is 2.13. The average molecular weight is 285 g/mol. The molecule has 1 aliphatic heterocycles. The van der Waals surface area contributed by atoms with Gasteiger partial charge in [0.25, 0.3) is 0 Å². The van der Waals surface area contributed by atoms with Crippen LogP contribution in [0.2, 0.25) is 0 Å². The number of likely N-dealkylation sites (tertiary alicyclic amines) is 1. The van der Waals surface area contributed by atoms with Crippen molar-refractivity contribution in [1.29, 1.82) is 0 Å². The molecule has 1 aromatic rings. The molecule has 4 heteroatoms. The van der Waals surface area contributed by atoms with E-state index in [1.165, 1.54) is 12.8 Å². The molecule has 1 fully saturated rings. The number of nitrogens with one attached hydrogen (secondary N) is 1. The van der Waals surface area contributed by atoms with E-state index in [1.54, 1.807) is 0 Å². The summed E-state index contributed by atoms with van der Waals surface area (Å²) < 4.78 is 0. The van der Waals surface area contributed by atoms with Crippen LogP contribution in [0.5, 0.6) is 0 Å². The van der Waals surface area contributed by atoms with Gasteiger partial charge < -0.3 is 16.0 Å². The van der Waals surface area contributed by atoms with Crippen molar-refractivity contribution in [1.82, 2.24) is 4.90 Å². The highest BCUT2D eigenvalue weighted by molar-refractivity contribution is 5.91. The summed E-state index contributed by atoms with van der Waals surface area (Å²) in [6.07, 6.45) is 4.59. The first kappa shape index (κ1) is 15.4. The number of nitrogens with two attached hydrogens (primary N) is 1. The number of carbonyl (C=O) groups is 1. The number of rotatable bonds is 1. The van der Waals surface area contributed by atoms with E-state index in [4.69, 9.17) is 5.73 Å². The molecule has 1 aliphatic rings. The minimum Gasteiger partial charge on any atom is -0.325 e. The highest BCUT2D eigenvalue weighted by atomic mass is 16.2. The number of amides is 2. The van der Waals surface area contributed by atoms with E-state index >= 15 is 0 Å². The second-order valence-electron chi connectivity index (χ2n) is 5.39. The summed E-state index contributed by atoms with van der Waals surface area (Å²) in [5, 5.41) is 3.00. The predicted octanol–water partition coefficient (Wildman–Crippen LogP) is 2.71. The molecular weight excluding hydrogens is 262 g/mol. The summed E-state index contributed by atoms with van der Waals surface area (Å²) in [5.41, 5.74) is 8.10. The van der Waals surface area contributed by atoms with E-state index in [0.717, 1.165) is 42.7 Å². The van der Waals surface area contributed by atoms with Gasteiger partial charge in [-0.25, -0.2) is 4.79 Å². The number of nitrogens with zero attached hydrogens (tertiary/aromatic N) is 1. The maximum Gasteiger partial charge on any atom is 0.321 e. The zero-order valence-electron chi connectivity index (χ0n) is 12.6. The fourth-order valence-corrected chi connectivity index (χ4v) is 2.48. The second kappa shape index (κ2) is 7.70. The van der Waals surface area contributed by atoms with Crippen LogP contribution in [0.15, 0.2) is 18.2 Å². The molecule has 0 bridgehead atoms. The van der Waals surface area contributed by atoms with Crippen molar-refractivity contribution in [3.8, 4) is 11.8 Å². The average Bonchev–Trinajstić information content (AvgIpc) is 2.75. The molecular formula is C17H23N3O. The first-order chi connectivity index (χ1) is 10.2. The van der Waals surface area contributed by atoms with Crippen LogP contribution in [0.4, 0.5) is 10.5 Å². The molecule has 1 aromatic carbocycles. The molecule has 1 saturated heterocycles. The molecule has 2 amide bonds. The van der Waals surface area contributed by atoms with Crippen LogP contribution in [0, 0.1) is 18.8 Å². The Labute approximate surface area is 126 Å². The van der Waals surface area contributed by atoms with Crippen LogP contribution >= 0.6 is 0 Å². The first-order valence-electron chi connectivity index (χ1n) is 7.56. The van der Waals surface area contributed by atoms with Crippen molar-refractivity contribution in [3.63, 3.8) is 0 Å². The zero-order valence-corrected chi connectivity index (χ0v) is 12.6. The van der Waals surface area contributed by atoms with Crippen LogP contribution in [-0.4, -0.2) is 30.6 Å². The Bertz CT molecular complexity index is 549. The number of anilines is 1. The van der Waals surface area contributed by atoms with Gasteiger partial charge in [0.1, 0.15) is 0 Å². The van der Waals surface area contributed by atoms with Gasteiger partial charge in [0.05, 0.1) is 12.2 Å². The molecule has 0 radical (unpaired) electrons. The van der Waals surface area contributed by atoms with Gasteiger partial charge in [0, 0.05) is 18.7 Å². The largest absolute Gasteiger partial charge is 0.325 e. The first-order valence-corrected chi connectivity index (χ1v) is 7.56. The number of urea groups is 1. The van der Waals surface area contributed by atoms with Gasteiger partial charge in [-0.05, 0) is 37.5 Å². The van der Waals surface area contributed by atoms with Crippen molar-refractivity contribution in [2.75, 3.05) is 25.0 Å². The minimum atomic E-state index is -0.0294. The van der Waals surface area contributed by atoms with Gasteiger partial charge in [-0.3, -0.25) is 0 Å². The third-order valence-corrected chi connectivity index (χ3v) is 3.64. The molecule has 0 unspecified atom stereocenters. The fourth-order valence-electron chi connectivity index (χ4n) is 2.48. The van der Waals surface area contributed by atoms with E-state index in [-0.39, 0.29) is 6.03 Å². The smallest absolute Gasteiger partial charge is 0.321 e. The van der Waals surface area contributed by atoms with E-state index in [9.17, 15) is 4.79 Å². The summed E-state index contributed by atoms with van der Waals surface area (Å²) in [7, 11) is 0. The third kappa shape index (κ3) is 4.51. The number of benzene rings is 1. The number of hydrogen-bond donors (Lipinski definition) is 2. The molecule has 0 atom stereocenters. The summed E-state index contributed by atoms with van der Waals surface area (Å²) in [5.74, 6) is 5.85. The Morgan fingerprint density at radius 2 is 2.00 bits per heavy atom. The summed E-state index contributed by atoms with van der Waals surface area (Å²) in [4.78, 5) is 14.3. The summed E-state index contributed by atoms with van der Waals surface area (Å²) in [6, 6.07) is 5.84. The van der Waals surface area contributed by atoms with Crippen LogP contribution in [-0.2, 0) is 0 Å². The lowest BCUT2D eigenvalue weighted by Crippen LogP contribution is -2.35. The maximum absolute atomic E-state index is 12.4. The second-order valence-corrected chi connectivity index (χ2v) is 5.39. The molecule has 0 aliphatic carbocycles. The van der Waals surface area contributed by atoms with Crippen molar-refractivity contribution >= 4 is 11.7 Å². The lowest BCUT2D eigenvalue weighted by molar-refractivity contribution is 0.214. The number of hydrogen-bond acceptors (Lipinski definition) is 2. The van der Waals surface area contributed by atoms with Crippen molar-refractivity contribution < 1.29 is 4.79 Å². The van der Waals surface area contributed by atoms with Crippen molar-refractivity contribution in [2.45, 2.75) is 32.6 Å². The topological polar surface area (TPSA) is 58.4 Å². The van der Waals surface area contributed by atoms with Gasteiger partial charge in [-0.1, -0.05) is 30.7 Å². The molecule has 0 saturated carbocycles. The van der Waals surface area contributed by atoms with Crippen LogP contribution < -0.4 is 11.1 Å². The van der Waals surface area contributed by atoms with Crippen molar-refractivity contribution in [3.05, 3.63) is 29.3 Å². The molecule has 21 heavy (non-hydrogen) atoms. The minimum absolute atomic E-state index is 0.0294. The molecule has 1 heterocycles.